The van der Waals surface area contributed by atoms with Gasteiger partial charge in [0.05, 0.1) is 19.1 Å². The minimum Gasteiger partial charge on any atom is -0.550 e. The quantitative estimate of drug-likeness (QED) is 0.711. The first kappa shape index (κ1) is 11.9. The molecule has 2 aliphatic rings. The summed E-state index contributed by atoms with van der Waals surface area (Å²) < 4.78 is 0. The number of carbonyl (C=O) groups excluding carboxylic acids is 1. The molecule has 3 heteroatoms. The second-order valence-electron chi connectivity index (χ2n) is 6.96. The summed E-state index contributed by atoms with van der Waals surface area (Å²) in [5, 5.41) is 10.5. The Morgan fingerprint density at radius 2 is 2.06 bits per heavy atom. The maximum absolute atomic E-state index is 10.5. The molecule has 0 spiro atoms. The van der Waals surface area contributed by atoms with Crippen molar-refractivity contribution in [2.45, 2.75) is 52.5 Å². The van der Waals surface area contributed by atoms with E-state index in [1.807, 2.05) is 0 Å². The molecule has 2 fully saturated rings. The van der Waals surface area contributed by atoms with E-state index in [-0.39, 0.29) is 6.42 Å². The number of hydrogen-bond donors (Lipinski definition) is 1. The summed E-state index contributed by atoms with van der Waals surface area (Å²) in [6, 6.07) is 0.674. The van der Waals surface area contributed by atoms with E-state index in [2.05, 4.69) is 20.8 Å². The number of rotatable bonds is 3. The Labute approximate surface area is 97.8 Å². The molecule has 1 saturated heterocycles. The van der Waals surface area contributed by atoms with E-state index >= 15 is 0 Å². The van der Waals surface area contributed by atoms with Crippen LogP contribution < -0.4 is 10.0 Å². The Balaban J connectivity index is 2.02. The molecule has 0 aromatic carbocycles. The maximum atomic E-state index is 10.5. The van der Waals surface area contributed by atoms with E-state index in [0.717, 1.165) is 13.1 Å². The lowest BCUT2D eigenvalue weighted by molar-refractivity contribution is -0.914. The van der Waals surface area contributed by atoms with Crippen LogP contribution in [0.5, 0.6) is 0 Å². The molecule has 1 aliphatic heterocycles. The number of aliphatic carboxylic acids is 1. The van der Waals surface area contributed by atoms with Crippen LogP contribution in [0.2, 0.25) is 0 Å². The number of carboxylic acids is 1. The average molecular weight is 225 g/mol. The van der Waals surface area contributed by atoms with Crippen molar-refractivity contribution in [1.29, 1.82) is 0 Å². The standard InChI is InChI=1S/C13H23NO2/c1-12(2)6-10-7-13(3,8-12)9-14(10)5-4-11(15)16/h10H,4-9H2,1-3H3,(H,15,16)/t10-,13-/m0/s1. The third-order valence-corrected chi connectivity index (χ3v) is 4.32. The minimum absolute atomic E-state index is 0.211. The van der Waals surface area contributed by atoms with E-state index in [9.17, 15) is 9.90 Å². The Kier molecular flexibility index (Phi) is 2.77. The van der Waals surface area contributed by atoms with Crippen molar-refractivity contribution in [2.24, 2.45) is 10.8 Å². The summed E-state index contributed by atoms with van der Waals surface area (Å²) in [4.78, 5) is 12.0. The van der Waals surface area contributed by atoms with Gasteiger partial charge in [-0.25, -0.2) is 0 Å². The Morgan fingerprint density at radius 3 is 2.69 bits per heavy atom. The van der Waals surface area contributed by atoms with Gasteiger partial charge in [0.1, 0.15) is 0 Å². The molecule has 3 atom stereocenters. The summed E-state index contributed by atoms with van der Waals surface area (Å²) in [6.07, 6.45) is 4.01. The molecule has 2 rings (SSSR count). The van der Waals surface area contributed by atoms with Crippen LogP contribution in [0.4, 0.5) is 0 Å². The monoisotopic (exact) mass is 225 g/mol. The number of hydrogen-bond acceptors (Lipinski definition) is 2. The lowest BCUT2D eigenvalue weighted by Gasteiger charge is -2.37. The molecule has 0 aromatic heterocycles. The van der Waals surface area contributed by atoms with Gasteiger partial charge in [-0.05, 0) is 11.8 Å². The summed E-state index contributed by atoms with van der Waals surface area (Å²) in [7, 11) is 0. The molecule has 3 nitrogen and oxygen atoms in total. The second-order valence-corrected chi connectivity index (χ2v) is 6.96. The van der Waals surface area contributed by atoms with E-state index in [4.69, 9.17) is 0 Å². The van der Waals surface area contributed by atoms with Gasteiger partial charge in [0, 0.05) is 30.6 Å². The molecule has 1 unspecified atom stereocenters. The smallest absolute Gasteiger partial charge is 0.0887 e. The van der Waals surface area contributed by atoms with E-state index < -0.39 is 5.97 Å². The van der Waals surface area contributed by atoms with Gasteiger partial charge in [0.2, 0.25) is 0 Å². The summed E-state index contributed by atoms with van der Waals surface area (Å²) in [5.41, 5.74) is 0.870. The number of carboxylic acid groups (broad SMARTS) is 1. The van der Waals surface area contributed by atoms with Crippen LogP contribution in [0.15, 0.2) is 0 Å². The highest BCUT2D eigenvalue weighted by Gasteiger charge is 2.52. The van der Waals surface area contributed by atoms with E-state index in [1.54, 1.807) is 0 Å². The number of quaternary nitrogens is 1. The van der Waals surface area contributed by atoms with Crippen molar-refractivity contribution in [2.75, 3.05) is 13.1 Å². The summed E-state index contributed by atoms with van der Waals surface area (Å²) in [6.45, 7) is 8.96. The lowest BCUT2D eigenvalue weighted by atomic mass is 9.65. The topological polar surface area (TPSA) is 44.6 Å². The molecule has 1 saturated carbocycles. The van der Waals surface area contributed by atoms with Gasteiger partial charge in [-0.3, -0.25) is 0 Å². The average Bonchev–Trinajstić information content (AvgIpc) is 2.31. The fourth-order valence-electron chi connectivity index (χ4n) is 4.30. The molecule has 0 radical (unpaired) electrons. The third-order valence-electron chi connectivity index (χ3n) is 4.32. The van der Waals surface area contributed by atoms with Crippen LogP contribution in [0.3, 0.4) is 0 Å². The van der Waals surface area contributed by atoms with Crippen molar-refractivity contribution in [3.05, 3.63) is 0 Å². The highest BCUT2D eigenvalue weighted by Crippen LogP contribution is 2.47. The van der Waals surface area contributed by atoms with Gasteiger partial charge in [-0.15, -0.1) is 0 Å². The molecule has 2 bridgehead atoms. The van der Waals surface area contributed by atoms with Crippen LogP contribution in [0, 0.1) is 10.8 Å². The Morgan fingerprint density at radius 1 is 1.38 bits per heavy atom. The van der Waals surface area contributed by atoms with Crippen molar-refractivity contribution in [3.63, 3.8) is 0 Å². The fourth-order valence-corrected chi connectivity index (χ4v) is 4.30. The Hall–Kier alpha value is -0.570. The Bertz CT molecular complexity index is 300. The molecule has 0 aromatic rings. The summed E-state index contributed by atoms with van der Waals surface area (Å²) in [5.74, 6) is -0.904. The predicted molar refractivity (Wildman–Crippen MR) is 59.8 cm³/mol. The van der Waals surface area contributed by atoms with Crippen LogP contribution in [-0.4, -0.2) is 25.1 Å². The van der Waals surface area contributed by atoms with Gasteiger partial charge in [0.15, 0.2) is 0 Å². The van der Waals surface area contributed by atoms with Gasteiger partial charge in [-0.2, -0.15) is 0 Å². The molecular formula is C13H23NO2. The predicted octanol–water partition coefficient (Wildman–Crippen LogP) is -0.390. The van der Waals surface area contributed by atoms with Crippen LogP contribution in [0.1, 0.15) is 46.5 Å². The zero-order valence-corrected chi connectivity index (χ0v) is 10.6. The molecule has 1 heterocycles. The van der Waals surface area contributed by atoms with Gasteiger partial charge < -0.3 is 14.8 Å². The SMILES string of the molecule is CC1(C)C[C@H]2C[C@](C)(C[NH+]2CCC(=O)[O-])C1. The van der Waals surface area contributed by atoms with Crippen molar-refractivity contribution in [3.8, 4) is 0 Å². The zero-order chi connectivity index (χ0) is 12.0. The van der Waals surface area contributed by atoms with Crippen LogP contribution in [-0.2, 0) is 4.79 Å². The van der Waals surface area contributed by atoms with E-state index in [0.29, 0.717) is 16.9 Å². The molecule has 0 amide bonds. The normalized spacial score (nSPS) is 40.9. The maximum Gasteiger partial charge on any atom is 0.0887 e. The highest BCUT2D eigenvalue weighted by atomic mass is 16.4. The first-order valence-electron chi connectivity index (χ1n) is 6.34. The lowest BCUT2D eigenvalue weighted by Crippen LogP contribution is -3.14. The minimum atomic E-state index is -0.904. The van der Waals surface area contributed by atoms with Crippen molar-refractivity contribution in [1.82, 2.24) is 0 Å². The largest absolute Gasteiger partial charge is 0.550 e. The molecule has 16 heavy (non-hydrogen) atoms. The molecule has 92 valence electrons. The molecule has 1 N–H and O–H groups in total. The number of carbonyl (C=O) groups is 1. The first-order chi connectivity index (χ1) is 7.30. The number of nitrogens with one attached hydrogen (secondary N) is 1. The van der Waals surface area contributed by atoms with Crippen LogP contribution >= 0.6 is 0 Å². The van der Waals surface area contributed by atoms with Crippen molar-refractivity contribution >= 4 is 5.97 Å². The molecular weight excluding hydrogens is 202 g/mol. The van der Waals surface area contributed by atoms with Crippen molar-refractivity contribution < 1.29 is 14.8 Å². The fraction of sp³-hybridized carbons (Fsp3) is 0.923. The number of likely N-dealkylation sites (tertiary alicyclic amines) is 1. The second kappa shape index (κ2) is 3.73. The molecule has 1 aliphatic carbocycles. The first-order valence-corrected chi connectivity index (χ1v) is 6.34. The van der Waals surface area contributed by atoms with Crippen LogP contribution in [0.25, 0.3) is 0 Å². The highest BCUT2D eigenvalue weighted by molar-refractivity contribution is 5.64. The van der Waals surface area contributed by atoms with Gasteiger partial charge in [-0.1, -0.05) is 20.8 Å². The van der Waals surface area contributed by atoms with E-state index in [1.165, 1.54) is 24.2 Å². The third kappa shape index (κ3) is 2.40. The summed E-state index contributed by atoms with van der Waals surface area (Å²) >= 11 is 0. The van der Waals surface area contributed by atoms with Gasteiger partial charge >= 0.3 is 0 Å². The zero-order valence-electron chi connectivity index (χ0n) is 10.6. The number of fused-ring (bicyclic) bond motifs is 2. The van der Waals surface area contributed by atoms with Gasteiger partial charge in [0.25, 0.3) is 0 Å².